The number of benzene rings is 2. The first-order valence-corrected chi connectivity index (χ1v) is 10.7. The predicted molar refractivity (Wildman–Crippen MR) is 124 cm³/mol. The fourth-order valence-electron chi connectivity index (χ4n) is 3.61. The summed E-state index contributed by atoms with van der Waals surface area (Å²) in [5, 5.41) is 2.94. The second kappa shape index (κ2) is 9.77. The molecule has 1 N–H and O–H groups in total. The van der Waals surface area contributed by atoms with E-state index >= 15 is 0 Å². The van der Waals surface area contributed by atoms with Crippen LogP contribution in [0.5, 0.6) is 0 Å². The summed E-state index contributed by atoms with van der Waals surface area (Å²) in [6.07, 6.45) is 2.30. The van der Waals surface area contributed by atoms with Gasteiger partial charge in [0.15, 0.2) is 17.3 Å². The minimum absolute atomic E-state index is 0.0916. The summed E-state index contributed by atoms with van der Waals surface area (Å²) in [5.41, 5.74) is 4.03. The van der Waals surface area contributed by atoms with E-state index in [4.69, 9.17) is 0 Å². The normalized spacial score (nSPS) is 11.0. The Morgan fingerprint density at radius 1 is 1.03 bits per heavy atom. The lowest BCUT2D eigenvalue weighted by atomic mass is 10.2. The lowest BCUT2D eigenvalue weighted by Crippen LogP contribution is -2.23. The van der Waals surface area contributed by atoms with Gasteiger partial charge < -0.3 is 14.8 Å². The first-order valence-electron chi connectivity index (χ1n) is 10.7. The number of carbonyl (C=O) groups is 1. The van der Waals surface area contributed by atoms with E-state index in [0.29, 0.717) is 35.5 Å². The number of anilines is 1. The zero-order valence-corrected chi connectivity index (χ0v) is 18.6. The highest BCUT2D eigenvalue weighted by molar-refractivity contribution is 5.76. The Morgan fingerprint density at radius 3 is 2.52 bits per heavy atom. The van der Waals surface area contributed by atoms with Crippen molar-refractivity contribution < 1.29 is 13.6 Å². The van der Waals surface area contributed by atoms with Crippen molar-refractivity contribution in [2.75, 3.05) is 19.0 Å². The average molecular weight is 450 g/mol. The number of aromatic nitrogens is 3. The fraction of sp³-hybridized carbons (Fsp3) is 0.240. The number of fused-ring (bicyclic) bond motifs is 1. The van der Waals surface area contributed by atoms with Gasteiger partial charge in [-0.15, -0.1) is 0 Å². The molecule has 0 radical (unpaired) electrons. The van der Waals surface area contributed by atoms with Crippen LogP contribution in [0.1, 0.15) is 23.4 Å². The smallest absolute Gasteiger partial charge is 0.220 e. The van der Waals surface area contributed by atoms with Crippen molar-refractivity contribution in [3.63, 3.8) is 0 Å². The van der Waals surface area contributed by atoms with Crippen LogP contribution in [0.4, 0.5) is 14.5 Å². The monoisotopic (exact) mass is 449 g/mol. The molecule has 0 atom stereocenters. The zero-order chi connectivity index (χ0) is 23.4. The van der Waals surface area contributed by atoms with Crippen molar-refractivity contribution in [1.82, 2.24) is 19.9 Å². The van der Waals surface area contributed by atoms with Crippen LogP contribution in [-0.2, 0) is 24.3 Å². The summed E-state index contributed by atoms with van der Waals surface area (Å²) < 4.78 is 28.9. The van der Waals surface area contributed by atoms with E-state index in [-0.39, 0.29) is 18.9 Å². The molecule has 2 heterocycles. The molecule has 4 aromatic rings. The lowest BCUT2D eigenvalue weighted by Gasteiger charge is -2.13. The van der Waals surface area contributed by atoms with E-state index in [2.05, 4.69) is 15.3 Å². The number of halogens is 2. The van der Waals surface area contributed by atoms with Crippen LogP contribution in [-0.4, -0.2) is 34.5 Å². The number of aryl methyl sites for hydroxylation is 1. The molecule has 170 valence electrons. The highest BCUT2D eigenvalue weighted by Crippen LogP contribution is 2.19. The third-order valence-electron chi connectivity index (χ3n) is 5.43. The molecule has 33 heavy (non-hydrogen) atoms. The molecule has 0 fully saturated rings. The SMILES string of the molecule is CN(C)c1ccc(CNC(=O)CCc2nc3cccnc3n2Cc2ccc(F)c(F)c2)cc1. The number of imidazole rings is 1. The van der Waals surface area contributed by atoms with Crippen LogP contribution < -0.4 is 10.2 Å². The van der Waals surface area contributed by atoms with Gasteiger partial charge in [-0.05, 0) is 47.5 Å². The number of nitrogens with zero attached hydrogens (tertiary/aromatic N) is 4. The molecule has 6 nitrogen and oxygen atoms in total. The minimum atomic E-state index is -0.899. The summed E-state index contributed by atoms with van der Waals surface area (Å²) in [5.74, 6) is -1.21. The molecule has 1 amide bonds. The van der Waals surface area contributed by atoms with E-state index in [1.165, 1.54) is 12.1 Å². The second-order valence-electron chi connectivity index (χ2n) is 8.05. The van der Waals surface area contributed by atoms with Gasteiger partial charge in [0.25, 0.3) is 0 Å². The Labute approximate surface area is 190 Å². The summed E-state index contributed by atoms with van der Waals surface area (Å²) in [7, 11) is 3.96. The molecule has 0 saturated carbocycles. The second-order valence-corrected chi connectivity index (χ2v) is 8.05. The van der Waals surface area contributed by atoms with E-state index < -0.39 is 11.6 Å². The summed E-state index contributed by atoms with van der Waals surface area (Å²) in [6.45, 7) is 0.721. The number of nitrogens with one attached hydrogen (secondary N) is 1. The maximum Gasteiger partial charge on any atom is 0.220 e. The first kappa shape index (κ1) is 22.4. The van der Waals surface area contributed by atoms with Crippen LogP contribution in [0.15, 0.2) is 60.8 Å². The molecule has 0 aliphatic rings. The van der Waals surface area contributed by atoms with E-state index in [9.17, 15) is 13.6 Å². The third-order valence-corrected chi connectivity index (χ3v) is 5.43. The minimum Gasteiger partial charge on any atom is -0.378 e. The van der Waals surface area contributed by atoms with Gasteiger partial charge in [-0.2, -0.15) is 0 Å². The zero-order valence-electron chi connectivity index (χ0n) is 18.6. The van der Waals surface area contributed by atoms with Crippen molar-refractivity contribution in [3.8, 4) is 0 Å². The predicted octanol–water partition coefficient (Wildman–Crippen LogP) is 4.07. The van der Waals surface area contributed by atoms with Crippen molar-refractivity contribution in [2.24, 2.45) is 0 Å². The molecule has 8 heteroatoms. The van der Waals surface area contributed by atoms with Gasteiger partial charge >= 0.3 is 0 Å². The number of hydrogen-bond acceptors (Lipinski definition) is 4. The molecular weight excluding hydrogens is 424 g/mol. The number of hydrogen-bond donors (Lipinski definition) is 1. The maximum atomic E-state index is 13.7. The molecule has 0 aliphatic carbocycles. The highest BCUT2D eigenvalue weighted by atomic mass is 19.2. The van der Waals surface area contributed by atoms with E-state index in [1.54, 1.807) is 12.3 Å². The molecule has 2 aromatic heterocycles. The third kappa shape index (κ3) is 5.34. The van der Waals surface area contributed by atoms with Gasteiger partial charge in [0.05, 0.1) is 6.54 Å². The Bertz CT molecular complexity index is 1270. The average Bonchev–Trinajstić information content (AvgIpc) is 3.16. The molecular formula is C25H25F2N5O. The molecule has 2 aromatic carbocycles. The van der Waals surface area contributed by atoms with E-state index in [1.807, 2.05) is 53.9 Å². The lowest BCUT2D eigenvalue weighted by molar-refractivity contribution is -0.121. The Morgan fingerprint density at radius 2 is 1.79 bits per heavy atom. The van der Waals surface area contributed by atoms with Crippen molar-refractivity contribution in [2.45, 2.75) is 25.9 Å². The van der Waals surface area contributed by atoms with Gasteiger partial charge in [-0.3, -0.25) is 4.79 Å². The number of carbonyl (C=O) groups excluding carboxylic acids is 1. The molecule has 4 rings (SSSR count). The molecule has 0 unspecified atom stereocenters. The number of amides is 1. The number of rotatable bonds is 8. The van der Waals surface area contributed by atoms with Crippen molar-refractivity contribution >= 4 is 22.8 Å². The van der Waals surface area contributed by atoms with Crippen LogP contribution in [0.25, 0.3) is 11.2 Å². The van der Waals surface area contributed by atoms with Crippen LogP contribution in [0.3, 0.4) is 0 Å². The van der Waals surface area contributed by atoms with Crippen molar-refractivity contribution in [3.05, 3.63) is 89.4 Å². The largest absolute Gasteiger partial charge is 0.378 e. The Hall–Kier alpha value is -3.81. The quantitative estimate of drug-likeness (QED) is 0.441. The Balaban J connectivity index is 1.44. The number of pyridine rings is 1. The van der Waals surface area contributed by atoms with E-state index in [0.717, 1.165) is 17.3 Å². The standard InChI is InChI=1S/C25H25F2N5O/c1-31(2)19-8-5-17(6-9-19)15-29-24(33)12-11-23-30-22-4-3-13-28-25(22)32(23)16-18-7-10-20(26)21(27)14-18/h3-10,13-14H,11-12,15-16H2,1-2H3,(H,29,33). The summed E-state index contributed by atoms with van der Waals surface area (Å²) in [4.78, 5) is 23.5. The first-order chi connectivity index (χ1) is 15.9. The van der Waals surface area contributed by atoms with Gasteiger partial charge in [-0.25, -0.2) is 18.7 Å². The summed E-state index contributed by atoms with van der Waals surface area (Å²) >= 11 is 0. The fourth-order valence-corrected chi connectivity index (χ4v) is 3.61. The van der Waals surface area contributed by atoms with Gasteiger partial charge in [0.2, 0.25) is 5.91 Å². The van der Waals surface area contributed by atoms with Gasteiger partial charge in [-0.1, -0.05) is 18.2 Å². The Kier molecular flexibility index (Phi) is 6.63. The van der Waals surface area contributed by atoms with Gasteiger partial charge in [0, 0.05) is 45.4 Å². The molecule has 0 saturated heterocycles. The van der Waals surface area contributed by atoms with Crippen LogP contribution in [0, 0.1) is 11.6 Å². The highest BCUT2D eigenvalue weighted by Gasteiger charge is 2.14. The topological polar surface area (TPSA) is 63.1 Å². The van der Waals surface area contributed by atoms with Crippen LogP contribution in [0.2, 0.25) is 0 Å². The molecule has 0 spiro atoms. The van der Waals surface area contributed by atoms with Gasteiger partial charge in [0.1, 0.15) is 11.3 Å². The van der Waals surface area contributed by atoms with Crippen molar-refractivity contribution in [1.29, 1.82) is 0 Å². The maximum absolute atomic E-state index is 13.7. The molecule has 0 bridgehead atoms. The molecule has 0 aliphatic heterocycles. The summed E-state index contributed by atoms with van der Waals surface area (Å²) in [6, 6.07) is 15.4. The van der Waals surface area contributed by atoms with Crippen LogP contribution >= 0.6 is 0 Å².